The first-order valence-electron chi connectivity index (χ1n) is 3.35. The fourth-order valence-corrected chi connectivity index (χ4v) is 2.26. The molecule has 2 rings (SSSR count). The Morgan fingerprint density at radius 2 is 2.64 bits per heavy atom. The fourth-order valence-electron chi connectivity index (χ4n) is 1.20. The van der Waals surface area contributed by atoms with E-state index in [0.29, 0.717) is 0 Å². The van der Waals surface area contributed by atoms with Crippen LogP contribution in [0.1, 0.15) is 0 Å². The summed E-state index contributed by atoms with van der Waals surface area (Å²) in [5.74, 6) is 1.02. The molecule has 0 saturated carbocycles. The van der Waals surface area contributed by atoms with Gasteiger partial charge in [-0.25, -0.2) is 0 Å². The Bertz CT molecular complexity index is 288. The van der Waals surface area contributed by atoms with Crippen molar-refractivity contribution in [2.24, 2.45) is 0 Å². The van der Waals surface area contributed by atoms with Crippen molar-refractivity contribution in [1.29, 1.82) is 0 Å². The highest BCUT2D eigenvalue weighted by Crippen LogP contribution is 2.36. The minimum absolute atomic E-state index is 0.0495. The first-order valence-corrected chi connectivity index (χ1v) is 4.40. The molecule has 0 N–H and O–H groups in total. The second-order valence-corrected chi connectivity index (χ2v) is 3.49. The molecule has 1 saturated heterocycles. The van der Waals surface area contributed by atoms with Crippen molar-refractivity contribution in [3.63, 3.8) is 0 Å². The van der Waals surface area contributed by atoms with Crippen molar-refractivity contribution in [2.75, 3.05) is 5.75 Å². The molecule has 0 aromatic rings. The Labute approximate surface area is 69.3 Å². The summed E-state index contributed by atoms with van der Waals surface area (Å²) in [4.78, 5) is 12.9. The highest BCUT2D eigenvalue weighted by molar-refractivity contribution is 8.00. The van der Waals surface area contributed by atoms with E-state index >= 15 is 0 Å². The van der Waals surface area contributed by atoms with Crippen LogP contribution in [0.5, 0.6) is 0 Å². The van der Waals surface area contributed by atoms with Gasteiger partial charge in [0.1, 0.15) is 5.37 Å². The zero-order chi connectivity index (χ0) is 7.84. The molecule has 0 aromatic carbocycles. The lowest BCUT2D eigenvalue weighted by atomic mass is 10.1. The van der Waals surface area contributed by atoms with Gasteiger partial charge in [0.15, 0.2) is 0 Å². The van der Waals surface area contributed by atoms with Gasteiger partial charge in [0.05, 0.1) is 5.57 Å². The quantitative estimate of drug-likeness (QED) is 0.304. The molecule has 3 heteroatoms. The molecule has 2 aliphatic rings. The van der Waals surface area contributed by atoms with Gasteiger partial charge in [-0.2, -0.15) is 0 Å². The predicted molar refractivity (Wildman–Crippen MR) is 44.9 cm³/mol. The van der Waals surface area contributed by atoms with Crippen molar-refractivity contribution in [3.8, 4) is 0 Å². The van der Waals surface area contributed by atoms with Gasteiger partial charge in [-0.15, -0.1) is 17.5 Å². The van der Waals surface area contributed by atoms with Crippen LogP contribution in [0.4, 0.5) is 0 Å². The van der Waals surface area contributed by atoms with Crippen LogP contribution in [0.25, 0.3) is 0 Å². The average molecular weight is 165 g/mol. The van der Waals surface area contributed by atoms with Gasteiger partial charge < -0.3 is 0 Å². The Balaban J connectivity index is 2.32. The molecule has 0 aliphatic carbocycles. The van der Waals surface area contributed by atoms with Crippen LogP contribution in [0.3, 0.4) is 0 Å². The second kappa shape index (κ2) is 2.29. The van der Waals surface area contributed by atoms with Crippen LogP contribution in [0.15, 0.2) is 30.2 Å². The third-order valence-electron chi connectivity index (χ3n) is 1.77. The number of thioether (sulfide) groups is 1. The minimum atomic E-state index is 0.0495. The molecular formula is C8H7NOS. The molecule has 1 fully saturated rings. The Hall–Kier alpha value is -0.920. The van der Waals surface area contributed by atoms with Crippen LogP contribution >= 0.6 is 11.8 Å². The number of rotatable bonds is 0. The minimum Gasteiger partial charge on any atom is -0.297 e. The summed E-state index contributed by atoms with van der Waals surface area (Å²) >= 11 is 1.73. The maximum atomic E-state index is 11.1. The third kappa shape index (κ3) is 0.785. The zero-order valence-electron chi connectivity index (χ0n) is 5.91. The summed E-state index contributed by atoms with van der Waals surface area (Å²) in [7, 11) is 0. The number of amides is 1. The van der Waals surface area contributed by atoms with Crippen molar-refractivity contribution in [2.45, 2.75) is 5.37 Å². The van der Waals surface area contributed by atoms with Crippen LogP contribution in [0, 0.1) is 0 Å². The largest absolute Gasteiger partial charge is 0.297 e. The lowest BCUT2D eigenvalue weighted by molar-refractivity contribution is -0.130. The fraction of sp³-hybridized carbons (Fsp3) is 0.250. The average Bonchev–Trinajstić information content (AvgIpc) is 2.05. The molecule has 56 valence electrons. The van der Waals surface area contributed by atoms with Crippen LogP contribution in [0.2, 0.25) is 0 Å². The monoisotopic (exact) mass is 165 g/mol. The maximum absolute atomic E-state index is 11.1. The Morgan fingerprint density at radius 3 is 3.36 bits per heavy atom. The zero-order valence-corrected chi connectivity index (χ0v) is 6.73. The van der Waals surface area contributed by atoms with Gasteiger partial charge in [-0.3, -0.25) is 9.69 Å². The summed E-state index contributed by atoms with van der Waals surface area (Å²) in [5.41, 5.74) is 3.39. The molecule has 0 radical (unpaired) electrons. The van der Waals surface area contributed by atoms with Gasteiger partial charge in [0, 0.05) is 12.0 Å². The first-order chi connectivity index (χ1) is 5.34. The molecular weight excluding hydrogens is 158 g/mol. The van der Waals surface area contributed by atoms with Crippen molar-refractivity contribution >= 4 is 17.7 Å². The van der Waals surface area contributed by atoms with E-state index in [2.05, 4.69) is 12.3 Å². The summed E-state index contributed by atoms with van der Waals surface area (Å²) in [6.45, 7) is 3.48. The van der Waals surface area contributed by atoms with Crippen molar-refractivity contribution in [3.05, 3.63) is 30.2 Å². The molecule has 0 aromatic heterocycles. The van der Waals surface area contributed by atoms with E-state index in [1.165, 1.54) is 0 Å². The number of nitrogens with zero attached hydrogens (tertiary/aromatic N) is 1. The lowest BCUT2D eigenvalue weighted by Crippen LogP contribution is -2.50. The standard InChI is InChI=1S/C8H7NOS/c1-2-6-7(10)9-4-3-5-11-8(6)9/h3-4,8H,1,5H2/t8-/m0/s1. The van der Waals surface area contributed by atoms with Gasteiger partial charge in [-0.1, -0.05) is 12.7 Å². The second-order valence-electron chi connectivity index (χ2n) is 2.37. The highest BCUT2D eigenvalue weighted by Gasteiger charge is 2.42. The van der Waals surface area contributed by atoms with Gasteiger partial charge in [-0.05, 0) is 0 Å². The third-order valence-corrected chi connectivity index (χ3v) is 2.93. The van der Waals surface area contributed by atoms with Crippen LogP contribution < -0.4 is 0 Å². The van der Waals surface area contributed by atoms with Crippen LogP contribution in [-0.2, 0) is 4.79 Å². The molecule has 2 aliphatic heterocycles. The number of fused-ring (bicyclic) bond motifs is 1. The van der Waals surface area contributed by atoms with Gasteiger partial charge in [0.2, 0.25) is 0 Å². The van der Waals surface area contributed by atoms with Crippen LogP contribution in [-0.4, -0.2) is 21.9 Å². The Morgan fingerprint density at radius 1 is 1.82 bits per heavy atom. The SMILES string of the molecule is C=C=C1C(=O)N2C=CCS[C@@H]12. The molecule has 0 spiro atoms. The number of hydrogen-bond donors (Lipinski definition) is 0. The van der Waals surface area contributed by atoms with E-state index in [9.17, 15) is 4.79 Å². The summed E-state index contributed by atoms with van der Waals surface area (Å²) < 4.78 is 0. The summed E-state index contributed by atoms with van der Waals surface area (Å²) in [6.07, 6.45) is 3.82. The molecule has 2 nitrogen and oxygen atoms in total. The van der Waals surface area contributed by atoms with Crippen molar-refractivity contribution in [1.82, 2.24) is 4.90 Å². The number of hydrogen-bond acceptors (Lipinski definition) is 2. The number of β-lactam (4-membered cyclic amide) rings is 1. The maximum Gasteiger partial charge on any atom is 0.265 e. The van der Waals surface area contributed by atoms with E-state index in [1.54, 1.807) is 16.7 Å². The molecule has 0 unspecified atom stereocenters. The normalized spacial score (nSPS) is 27.6. The molecule has 2 heterocycles. The first kappa shape index (κ1) is 6.77. The molecule has 11 heavy (non-hydrogen) atoms. The van der Waals surface area contributed by atoms with E-state index < -0.39 is 0 Å². The Kier molecular flexibility index (Phi) is 1.41. The van der Waals surface area contributed by atoms with Gasteiger partial charge in [0.25, 0.3) is 5.91 Å². The van der Waals surface area contributed by atoms with E-state index in [1.807, 2.05) is 12.3 Å². The molecule has 1 amide bonds. The number of carbonyl (C=O) groups is 1. The smallest absolute Gasteiger partial charge is 0.265 e. The summed E-state index contributed by atoms with van der Waals surface area (Å²) in [6, 6.07) is 0. The van der Waals surface area contributed by atoms with Gasteiger partial charge >= 0.3 is 0 Å². The van der Waals surface area contributed by atoms with E-state index in [0.717, 1.165) is 11.3 Å². The number of carbonyl (C=O) groups excluding carboxylic acids is 1. The lowest BCUT2D eigenvalue weighted by Gasteiger charge is -2.40. The summed E-state index contributed by atoms with van der Waals surface area (Å²) in [5, 5.41) is 0.199. The van der Waals surface area contributed by atoms with E-state index in [4.69, 9.17) is 0 Å². The molecule has 0 bridgehead atoms. The molecule has 1 atom stereocenters. The van der Waals surface area contributed by atoms with E-state index in [-0.39, 0.29) is 11.3 Å². The highest BCUT2D eigenvalue weighted by atomic mass is 32.2. The predicted octanol–water partition coefficient (Wildman–Crippen LogP) is 1.13. The van der Waals surface area contributed by atoms with Crippen molar-refractivity contribution < 1.29 is 4.79 Å². The topological polar surface area (TPSA) is 20.3 Å².